The molecule has 1 aliphatic rings. The summed E-state index contributed by atoms with van der Waals surface area (Å²) in [6.45, 7) is 2.85. The molecule has 0 aliphatic carbocycles. The third-order valence-electron chi connectivity index (χ3n) is 3.78. The van der Waals surface area contributed by atoms with Gasteiger partial charge in [0.25, 0.3) is 0 Å². The number of para-hydroxylation sites is 2. The highest BCUT2D eigenvalue weighted by Gasteiger charge is 2.27. The number of aromatic nitrogens is 1. The zero-order valence-electron chi connectivity index (χ0n) is 13.2. The first-order valence-corrected chi connectivity index (χ1v) is 7.91. The summed E-state index contributed by atoms with van der Waals surface area (Å²) in [6.07, 6.45) is 4.16. The smallest absolute Gasteiger partial charge is 0.228 e. The monoisotopic (exact) mass is 311 g/mol. The Bertz CT molecular complexity index is 662. The van der Waals surface area contributed by atoms with Crippen LogP contribution in [0.4, 0.5) is 5.69 Å². The maximum absolute atomic E-state index is 10.9. The van der Waals surface area contributed by atoms with E-state index < -0.39 is 0 Å². The molecule has 3 rings (SSSR count). The van der Waals surface area contributed by atoms with E-state index in [9.17, 15) is 4.79 Å². The molecule has 2 heterocycles. The number of pyridine rings is 1. The van der Waals surface area contributed by atoms with E-state index in [0.717, 1.165) is 36.5 Å². The molecule has 1 fully saturated rings. The molecule has 0 radical (unpaired) electrons. The molecular weight excluding hydrogens is 290 g/mol. The second-order valence-electron chi connectivity index (χ2n) is 5.71. The van der Waals surface area contributed by atoms with Crippen molar-refractivity contribution in [3.8, 4) is 5.75 Å². The SMILES string of the molecule is Cc1ccc(CCCNc2ccccc2OC2CC(=O)N2)cn1. The van der Waals surface area contributed by atoms with Crippen LogP contribution >= 0.6 is 0 Å². The van der Waals surface area contributed by atoms with E-state index >= 15 is 0 Å². The molecule has 2 aromatic rings. The first-order valence-electron chi connectivity index (χ1n) is 7.91. The molecule has 0 saturated carbocycles. The number of β-lactam (4-membered cyclic amide) rings is 1. The maximum Gasteiger partial charge on any atom is 0.228 e. The Kier molecular flexibility index (Phi) is 4.76. The lowest BCUT2D eigenvalue weighted by Crippen LogP contribution is -2.51. The highest BCUT2D eigenvalue weighted by atomic mass is 16.5. The van der Waals surface area contributed by atoms with Crippen LogP contribution in [-0.4, -0.2) is 23.7 Å². The highest BCUT2D eigenvalue weighted by molar-refractivity contribution is 5.82. The molecule has 1 aliphatic heterocycles. The second kappa shape index (κ2) is 7.13. The van der Waals surface area contributed by atoms with Crippen LogP contribution in [0.15, 0.2) is 42.6 Å². The number of aryl methyl sites for hydroxylation is 2. The summed E-state index contributed by atoms with van der Waals surface area (Å²) < 4.78 is 5.78. The summed E-state index contributed by atoms with van der Waals surface area (Å²) in [5.74, 6) is 0.807. The van der Waals surface area contributed by atoms with E-state index in [4.69, 9.17) is 4.74 Å². The molecule has 1 aromatic carbocycles. The molecule has 5 heteroatoms. The molecule has 120 valence electrons. The zero-order valence-corrected chi connectivity index (χ0v) is 13.2. The first-order chi connectivity index (χ1) is 11.2. The lowest BCUT2D eigenvalue weighted by atomic mass is 10.1. The van der Waals surface area contributed by atoms with E-state index in [1.165, 1.54) is 5.56 Å². The fourth-order valence-electron chi connectivity index (χ4n) is 2.43. The van der Waals surface area contributed by atoms with Gasteiger partial charge >= 0.3 is 0 Å². The minimum atomic E-state index is -0.205. The highest BCUT2D eigenvalue weighted by Crippen LogP contribution is 2.26. The number of nitrogens with one attached hydrogen (secondary N) is 2. The van der Waals surface area contributed by atoms with Gasteiger partial charge < -0.3 is 15.4 Å². The van der Waals surface area contributed by atoms with E-state index in [1.54, 1.807) is 0 Å². The molecule has 23 heavy (non-hydrogen) atoms. The molecule has 0 bridgehead atoms. The second-order valence-corrected chi connectivity index (χ2v) is 5.71. The first kappa shape index (κ1) is 15.3. The molecule has 0 spiro atoms. The third kappa shape index (κ3) is 4.22. The summed E-state index contributed by atoms with van der Waals surface area (Å²) in [5.41, 5.74) is 3.25. The largest absolute Gasteiger partial charge is 0.468 e. The predicted octanol–water partition coefficient (Wildman–Crippen LogP) is 2.66. The fourth-order valence-corrected chi connectivity index (χ4v) is 2.43. The fraction of sp³-hybridized carbons (Fsp3) is 0.333. The Balaban J connectivity index is 1.48. The van der Waals surface area contributed by atoms with Crippen LogP contribution in [0.25, 0.3) is 0 Å². The molecule has 1 amide bonds. The van der Waals surface area contributed by atoms with Gasteiger partial charge in [-0.15, -0.1) is 0 Å². The van der Waals surface area contributed by atoms with Crippen LogP contribution < -0.4 is 15.4 Å². The summed E-state index contributed by atoms with van der Waals surface area (Å²) in [5, 5.41) is 6.12. The lowest BCUT2D eigenvalue weighted by Gasteiger charge is -2.28. The van der Waals surface area contributed by atoms with Crippen molar-refractivity contribution in [2.75, 3.05) is 11.9 Å². The van der Waals surface area contributed by atoms with E-state index in [2.05, 4.69) is 21.7 Å². The van der Waals surface area contributed by atoms with Crippen molar-refractivity contribution in [3.63, 3.8) is 0 Å². The summed E-state index contributed by atoms with van der Waals surface area (Å²) in [7, 11) is 0. The molecule has 1 atom stereocenters. The van der Waals surface area contributed by atoms with Gasteiger partial charge in [0.2, 0.25) is 5.91 Å². The van der Waals surface area contributed by atoms with Gasteiger partial charge in [0.1, 0.15) is 5.75 Å². The summed E-state index contributed by atoms with van der Waals surface area (Å²) in [4.78, 5) is 15.2. The number of carbonyl (C=O) groups is 1. The number of carbonyl (C=O) groups excluding carboxylic acids is 1. The lowest BCUT2D eigenvalue weighted by molar-refractivity contribution is -0.134. The minimum Gasteiger partial charge on any atom is -0.468 e. The number of benzene rings is 1. The Labute approximate surface area is 136 Å². The van der Waals surface area contributed by atoms with Gasteiger partial charge in [-0.3, -0.25) is 9.78 Å². The molecule has 1 aromatic heterocycles. The van der Waals surface area contributed by atoms with Crippen molar-refractivity contribution in [1.82, 2.24) is 10.3 Å². The molecule has 2 N–H and O–H groups in total. The average Bonchev–Trinajstić information content (AvgIpc) is 2.53. The quantitative estimate of drug-likeness (QED) is 0.609. The van der Waals surface area contributed by atoms with Crippen LogP contribution in [0.2, 0.25) is 0 Å². The van der Waals surface area contributed by atoms with E-state index in [-0.39, 0.29) is 12.1 Å². The van der Waals surface area contributed by atoms with Crippen molar-refractivity contribution in [1.29, 1.82) is 0 Å². The van der Waals surface area contributed by atoms with Gasteiger partial charge in [-0.2, -0.15) is 0 Å². The van der Waals surface area contributed by atoms with Crippen LogP contribution in [0.1, 0.15) is 24.1 Å². The normalized spacial score (nSPS) is 16.4. The van der Waals surface area contributed by atoms with Crippen molar-refractivity contribution in [2.45, 2.75) is 32.4 Å². The Morgan fingerprint density at radius 3 is 2.87 bits per heavy atom. The van der Waals surface area contributed by atoms with E-state index in [1.807, 2.05) is 43.5 Å². The van der Waals surface area contributed by atoms with Crippen LogP contribution in [0, 0.1) is 6.92 Å². The molecule has 1 saturated heterocycles. The summed E-state index contributed by atoms with van der Waals surface area (Å²) in [6, 6.07) is 12.0. The minimum absolute atomic E-state index is 0.0344. The number of nitrogens with zero attached hydrogens (tertiary/aromatic N) is 1. The number of hydrogen-bond donors (Lipinski definition) is 2. The van der Waals surface area contributed by atoms with Gasteiger partial charge in [-0.05, 0) is 43.5 Å². The topological polar surface area (TPSA) is 63.2 Å². The number of ether oxygens (including phenoxy) is 1. The van der Waals surface area contributed by atoms with Crippen LogP contribution in [-0.2, 0) is 11.2 Å². The van der Waals surface area contributed by atoms with Crippen LogP contribution in [0.5, 0.6) is 5.75 Å². The van der Waals surface area contributed by atoms with Crippen LogP contribution in [0.3, 0.4) is 0 Å². The zero-order chi connectivity index (χ0) is 16.1. The van der Waals surface area contributed by atoms with Gasteiger partial charge in [-0.25, -0.2) is 0 Å². The van der Waals surface area contributed by atoms with Gasteiger partial charge in [0.15, 0.2) is 6.23 Å². The van der Waals surface area contributed by atoms with Gasteiger partial charge in [0.05, 0.1) is 12.1 Å². The average molecular weight is 311 g/mol. The number of anilines is 1. The number of hydrogen-bond acceptors (Lipinski definition) is 4. The third-order valence-corrected chi connectivity index (χ3v) is 3.78. The molecular formula is C18H21N3O2. The van der Waals surface area contributed by atoms with Crippen molar-refractivity contribution in [3.05, 3.63) is 53.9 Å². The standard InChI is InChI=1S/C18H21N3O2/c1-13-8-9-14(12-20-13)5-4-10-19-15-6-2-3-7-16(15)23-18-11-17(22)21-18/h2-3,6-9,12,18-19H,4-5,10-11H2,1H3,(H,21,22). The maximum atomic E-state index is 10.9. The van der Waals surface area contributed by atoms with Gasteiger partial charge in [0, 0.05) is 18.4 Å². The molecule has 1 unspecified atom stereocenters. The van der Waals surface area contributed by atoms with Crippen molar-refractivity contribution in [2.24, 2.45) is 0 Å². The van der Waals surface area contributed by atoms with Gasteiger partial charge in [-0.1, -0.05) is 18.2 Å². The van der Waals surface area contributed by atoms with E-state index in [0.29, 0.717) is 6.42 Å². The number of amides is 1. The summed E-state index contributed by atoms with van der Waals surface area (Å²) >= 11 is 0. The Hall–Kier alpha value is -2.56. The Morgan fingerprint density at radius 2 is 2.13 bits per heavy atom. The van der Waals surface area contributed by atoms with Crippen molar-refractivity contribution >= 4 is 11.6 Å². The Morgan fingerprint density at radius 1 is 1.30 bits per heavy atom. The van der Waals surface area contributed by atoms with Crippen molar-refractivity contribution < 1.29 is 9.53 Å². The predicted molar refractivity (Wildman–Crippen MR) is 89.4 cm³/mol. The number of rotatable bonds is 7. The molecule has 5 nitrogen and oxygen atoms in total.